The number of carbonyl (C=O) groups is 2. The van der Waals surface area contributed by atoms with E-state index in [-0.39, 0.29) is 23.9 Å². The fourth-order valence-electron chi connectivity index (χ4n) is 3.80. The predicted octanol–water partition coefficient (Wildman–Crippen LogP) is 2.09. The highest BCUT2D eigenvalue weighted by Gasteiger charge is 2.47. The molecule has 0 bridgehead atoms. The summed E-state index contributed by atoms with van der Waals surface area (Å²) in [5.74, 6) is 0.277. The molecule has 2 saturated heterocycles. The highest BCUT2D eigenvalue weighted by molar-refractivity contribution is 7.08. The molecule has 4 heterocycles. The average molecular weight is 341 g/mol. The molecule has 0 N–H and O–H groups in total. The van der Waals surface area contributed by atoms with Gasteiger partial charge in [0.05, 0.1) is 18.5 Å². The molecule has 4 rings (SSSR count). The molecule has 0 radical (unpaired) electrons. The van der Waals surface area contributed by atoms with Gasteiger partial charge in [-0.1, -0.05) is 6.07 Å². The molecule has 0 unspecified atom stereocenters. The summed E-state index contributed by atoms with van der Waals surface area (Å²) in [5.41, 5.74) is 2.10. The summed E-state index contributed by atoms with van der Waals surface area (Å²) in [6.45, 7) is 1.33. The van der Waals surface area contributed by atoms with Crippen LogP contribution in [-0.4, -0.2) is 45.2 Å². The summed E-state index contributed by atoms with van der Waals surface area (Å²) in [7, 11) is 0. The Morgan fingerprint density at radius 1 is 1.29 bits per heavy atom. The Hall–Kier alpha value is -2.21. The zero-order valence-electron chi connectivity index (χ0n) is 13.3. The number of hydrogen-bond acceptors (Lipinski definition) is 4. The maximum atomic E-state index is 12.6. The van der Waals surface area contributed by atoms with Gasteiger partial charge in [0, 0.05) is 31.9 Å². The summed E-state index contributed by atoms with van der Waals surface area (Å²) in [6.07, 6.45) is 5.28. The summed E-state index contributed by atoms with van der Waals surface area (Å²) >= 11 is 1.61. The Bertz CT molecular complexity index is 732. The second-order valence-corrected chi connectivity index (χ2v) is 7.19. The number of pyridine rings is 1. The molecule has 2 amide bonds. The number of likely N-dealkylation sites (tertiary alicyclic amines) is 2. The van der Waals surface area contributed by atoms with Crippen molar-refractivity contribution in [2.45, 2.75) is 37.9 Å². The van der Waals surface area contributed by atoms with E-state index in [0.717, 1.165) is 24.1 Å². The van der Waals surface area contributed by atoms with E-state index in [4.69, 9.17) is 0 Å². The number of hydrogen-bond donors (Lipinski definition) is 0. The first-order chi connectivity index (χ1) is 11.7. The first kappa shape index (κ1) is 15.3. The van der Waals surface area contributed by atoms with Crippen molar-refractivity contribution in [3.63, 3.8) is 0 Å². The van der Waals surface area contributed by atoms with Crippen LogP contribution in [0.4, 0.5) is 0 Å². The summed E-state index contributed by atoms with van der Waals surface area (Å²) in [4.78, 5) is 33.0. The minimum Gasteiger partial charge on any atom is -0.337 e. The number of rotatable bonds is 4. The van der Waals surface area contributed by atoms with Crippen LogP contribution in [0.5, 0.6) is 0 Å². The highest BCUT2D eigenvalue weighted by atomic mass is 32.1. The normalized spacial score (nSPS) is 22.9. The minimum absolute atomic E-state index is 0.0281. The van der Waals surface area contributed by atoms with E-state index in [0.29, 0.717) is 19.4 Å². The monoisotopic (exact) mass is 341 g/mol. The van der Waals surface area contributed by atoms with Gasteiger partial charge in [-0.2, -0.15) is 11.3 Å². The third kappa shape index (κ3) is 2.82. The van der Waals surface area contributed by atoms with Gasteiger partial charge in [0.25, 0.3) is 0 Å². The van der Waals surface area contributed by atoms with Gasteiger partial charge < -0.3 is 9.80 Å². The fourth-order valence-corrected chi connectivity index (χ4v) is 4.47. The van der Waals surface area contributed by atoms with E-state index < -0.39 is 0 Å². The third-order valence-electron chi connectivity index (χ3n) is 4.95. The largest absolute Gasteiger partial charge is 0.337 e. The summed E-state index contributed by atoms with van der Waals surface area (Å²) in [5, 5.41) is 4.00. The molecule has 0 saturated carbocycles. The molecule has 0 spiro atoms. The van der Waals surface area contributed by atoms with Crippen LogP contribution in [0.2, 0.25) is 0 Å². The van der Waals surface area contributed by atoms with Gasteiger partial charge in [-0.3, -0.25) is 14.6 Å². The molecule has 24 heavy (non-hydrogen) atoms. The van der Waals surface area contributed by atoms with Gasteiger partial charge in [-0.15, -0.1) is 0 Å². The smallest absolute Gasteiger partial charge is 0.227 e. The Morgan fingerprint density at radius 3 is 2.96 bits per heavy atom. The average Bonchev–Trinajstić information content (AvgIpc) is 3.28. The maximum absolute atomic E-state index is 12.6. The van der Waals surface area contributed by atoms with Crippen LogP contribution in [0.25, 0.3) is 0 Å². The zero-order chi connectivity index (χ0) is 16.5. The van der Waals surface area contributed by atoms with E-state index in [2.05, 4.69) is 4.98 Å². The van der Waals surface area contributed by atoms with E-state index in [9.17, 15) is 9.59 Å². The van der Waals surface area contributed by atoms with E-state index in [1.165, 1.54) is 0 Å². The van der Waals surface area contributed by atoms with Crippen LogP contribution in [0.15, 0.2) is 41.4 Å². The molecule has 5 nitrogen and oxygen atoms in total. The lowest BCUT2D eigenvalue weighted by Crippen LogP contribution is -2.40. The Morgan fingerprint density at radius 2 is 2.21 bits per heavy atom. The molecular formula is C18H19N3O2S. The van der Waals surface area contributed by atoms with E-state index in [1.807, 2.05) is 38.8 Å². The second kappa shape index (κ2) is 6.36. The van der Waals surface area contributed by atoms with Crippen LogP contribution in [0, 0.1) is 0 Å². The molecule has 2 fully saturated rings. The molecule has 6 heteroatoms. The van der Waals surface area contributed by atoms with Gasteiger partial charge in [-0.25, -0.2) is 0 Å². The van der Waals surface area contributed by atoms with Crippen LogP contribution < -0.4 is 0 Å². The quantitative estimate of drug-likeness (QED) is 0.856. The number of thiophene rings is 1. The molecule has 2 aromatic rings. The lowest BCUT2D eigenvalue weighted by atomic mass is 10.1. The lowest BCUT2D eigenvalue weighted by molar-refractivity contribution is -0.131. The molecule has 2 atom stereocenters. The van der Waals surface area contributed by atoms with Gasteiger partial charge in [0.15, 0.2) is 0 Å². The van der Waals surface area contributed by atoms with Crippen molar-refractivity contribution in [1.29, 1.82) is 0 Å². The molecule has 0 aromatic carbocycles. The van der Waals surface area contributed by atoms with Crippen molar-refractivity contribution >= 4 is 23.2 Å². The minimum atomic E-state index is 0.0281. The number of carbonyl (C=O) groups excluding carboxylic acids is 2. The number of aromatic nitrogens is 1. The van der Waals surface area contributed by atoms with Crippen LogP contribution in [-0.2, 0) is 22.6 Å². The van der Waals surface area contributed by atoms with Gasteiger partial charge in [0.2, 0.25) is 11.8 Å². The van der Waals surface area contributed by atoms with Crippen molar-refractivity contribution in [3.8, 4) is 0 Å². The molecule has 124 valence electrons. The standard InChI is InChI=1S/C18H19N3O2S/c22-17(8-13-4-7-24-12-13)20-6-3-15-16(20)9-18(23)21(15)11-14-2-1-5-19-10-14/h1-2,4-5,7,10,12,15-16H,3,6,8-9,11H2/t15-,16+/m1/s1. The van der Waals surface area contributed by atoms with Crippen LogP contribution >= 0.6 is 11.3 Å². The van der Waals surface area contributed by atoms with Gasteiger partial charge >= 0.3 is 0 Å². The topological polar surface area (TPSA) is 53.5 Å². The maximum Gasteiger partial charge on any atom is 0.227 e. The predicted molar refractivity (Wildman–Crippen MR) is 91.3 cm³/mol. The molecule has 2 aliphatic heterocycles. The van der Waals surface area contributed by atoms with Crippen molar-refractivity contribution in [3.05, 3.63) is 52.5 Å². The van der Waals surface area contributed by atoms with Gasteiger partial charge in [-0.05, 0) is 40.4 Å². The van der Waals surface area contributed by atoms with Crippen molar-refractivity contribution in [2.75, 3.05) is 6.54 Å². The first-order valence-electron chi connectivity index (χ1n) is 8.21. The van der Waals surface area contributed by atoms with Crippen molar-refractivity contribution in [1.82, 2.24) is 14.8 Å². The zero-order valence-corrected chi connectivity index (χ0v) is 14.1. The van der Waals surface area contributed by atoms with Crippen LogP contribution in [0.3, 0.4) is 0 Å². The summed E-state index contributed by atoms with van der Waals surface area (Å²) in [6, 6.07) is 6.04. The third-order valence-corrected chi connectivity index (χ3v) is 5.68. The molecule has 2 aliphatic rings. The molecule has 0 aliphatic carbocycles. The number of fused-ring (bicyclic) bond motifs is 1. The Balaban J connectivity index is 1.46. The fraction of sp³-hybridized carbons (Fsp3) is 0.389. The highest BCUT2D eigenvalue weighted by Crippen LogP contribution is 2.34. The van der Waals surface area contributed by atoms with Crippen molar-refractivity contribution in [2.24, 2.45) is 0 Å². The lowest BCUT2D eigenvalue weighted by Gasteiger charge is -2.25. The first-order valence-corrected chi connectivity index (χ1v) is 9.15. The molecule has 2 aromatic heterocycles. The number of nitrogens with zero attached hydrogens (tertiary/aromatic N) is 3. The summed E-state index contributed by atoms with van der Waals surface area (Å²) < 4.78 is 0. The van der Waals surface area contributed by atoms with Crippen LogP contribution in [0.1, 0.15) is 24.0 Å². The van der Waals surface area contributed by atoms with Crippen molar-refractivity contribution < 1.29 is 9.59 Å². The van der Waals surface area contributed by atoms with E-state index >= 15 is 0 Å². The van der Waals surface area contributed by atoms with Gasteiger partial charge in [0.1, 0.15) is 0 Å². The Labute approximate surface area is 144 Å². The SMILES string of the molecule is O=C1C[C@H]2[C@@H](CCN2C(=O)Cc2ccsc2)N1Cc1cccnc1. The number of amides is 2. The Kier molecular flexibility index (Phi) is 4.06. The second-order valence-electron chi connectivity index (χ2n) is 6.41. The molecular weight excluding hydrogens is 322 g/mol. The van der Waals surface area contributed by atoms with E-state index in [1.54, 1.807) is 23.7 Å².